The summed E-state index contributed by atoms with van der Waals surface area (Å²) in [4.78, 5) is 2.07. The molecule has 15 heavy (non-hydrogen) atoms. The van der Waals surface area contributed by atoms with E-state index in [2.05, 4.69) is 43.0 Å². The fraction of sp³-hybridized carbons (Fsp3) is 0.538. The number of benzene rings is 1. The molecular weight excluding hydrogens is 189 g/mol. The van der Waals surface area contributed by atoms with Gasteiger partial charge in [-0.25, -0.2) is 4.39 Å². The molecule has 0 atom stereocenters. The largest absolute Gasteiger partial charge is 0.365 e. The second-order valence-corrected chi connectivity index (χ2v) is 5.02. The van der Waals surface area contributed by atoms with Gasteiger partial charge < -0.3 is 4.90 Å². The van der Waals surface area contributed by atoms with Crippen molar-refractivity contribution in [3.05, 3.63) is 29.8 Å². The zero-order chi connectivity index (χ0) is 11.1. The number of anilines is 1. The van der Waals surface area contributed by atoms with Crippen LogP contribution in [-0.4, -0.2) is 18.8 Å². The van der Waals surface area contributed by atoms with Gasteiger partial charge in [-0.2, -0.15) is 0 Å². The minimum atomic E-state index is -0.989. The highest BCUT2D eigenvalue weighted by molar-refractivity contribution is 5.51. The predicted molar refractivity (Wildman–Crippen MR) is 62.3 cm³/mol. The lowest BCUT2D eigenvalue weighted by Gasteiger charge is -2.43. The van der Waals surface area contributed by atoms with Crippen molar-refractivity contribution in [1.29, 1.82) is 0 Å². The van der Waals surface area contributed by atoms with Crippen LogP contribution in [0.5, 0.6) is 0 Å². The van der Waals surface area contributed by atoms with Crippen molar-refractivity contribution in [2.75, 3.05) is 18.0 Å². The maximum absolute atomic E-state index is 13.3. The van der Waals surface area contributed by atoms with Gasteiger partial charge in [-0.3, -0.25) is 0 Å². The van der Waals surface area contributed by atoms with Crippen LogP contribution in [0.15, 0.2) is 24.3 Å². The molecule has 82 valence electrons. The molecule has 0 saturated carbocycles. The molecule has 1 heterocycles. The minimum Gasteiger partial charge on any atom is -0.365 e. The summed E-state index contributed by atoms with van der Waals surface area (Å²) >= 11 is 0. The van der Waals surface area contributed by atoms with Crippen LogP contribution in [0, 0.1) is 0 Å². The summed E-state index contributed by atoms with van der Waals surface area (Å²) in [5.41, 5.74) is 1.48. The van der Waals surface area contributed by atoms with Gasteiger partial charge in [0.1, 0.15) is 5.67 Å². The third-order valence-electron chi connectivity index (χ3n) is 2.97. The van der Waals surface area contributed by atoms with Crippen LogP contribution in [0.2, 0.25) is 0 Å². The second-order valence-electron chi connectivity index (χ2n) is 5.02. The Balaban J connectivity index is 2.06. The van der Waals surface area contributed by atoms with Gasteiger partial charge in [0, 0.05) is 5.69 Å². The summed E-state index contributed by atoms with van der Waals surface area (Å²) in [7, 11) is 0. The summed E-state index contributed by atoms with van der Waals surface area (Å²) in [5, 5.41) is 0. The van der Waals surface area contributed by atoms with E-state index in [9.17, 15) is 4.39 Å². The molecule has 1 nitrogen and oxygen atoms in total. The molecule has 0 aliphatic carbocycles. The maximum atomic E-state index is 13.3. The van der Waals surface area contributed by atoms with Gasteiger partial charge in [0.05, 0.1) is 13.1 Å². The Morgan fingerprint density at radius 1 is 1.20 bits per heavy atom. The highest BCUT2D eigenvalue weighted by Gasteiger charge is 2.38. The molecule has 1 saturated heterocycles. The summed E-state index contributed by atoms with van der Waals surface area (Å²) in [6.45, 7) is 7.06. The summed E-state index contributed by atoms with van der Waals surface area (Å²) < 4.78 is 13.3. The fourth-order valence-electron chi connectivity index (χ4n) is 2.00. The van der Waals surface area contributed by atoms with Crippen LogP contribution < -0.4 is 4.90 Å². The Bertz CT molecular complexity index is 332. The summed E-state index contributed by atoms with van der Waals surface area (Å²) in [6, 6.07) is 8.44. The molecule has 0 radical (unpaired) electrons. The van der Waals surface area contributed by atoms with Crippen molar-refractivity contribution < 1.29 is 4.39 Å². The summed E-state index contributed by atoms with van der Waals surface area (Å²) in [6.07, 6.45) is 0. The van der Waals surface area contributed by atoms with Crippen molar-refractivity contribution in [1.82, 2.24) is 0 Å². The number of hydrogen-bond donors (Lipinski definition) is 0. The molecule has 0 bridgehead atoms. The maximum Gasteiger partial charge on any atom is 0.142 e. The van der Waals surface area contributed by atoms with Crippen LogP contribution in [0.1, 0.15) is 32.3 Å². The first-order chi connectivity index (χ1) is 6.98. The Morgan fingerprint density at radius 3 is 2.13 bits per heavy atom. The van der Waals surface area contributed by atoms with Crippen molar-refractivity contribution in [2.45, 2.75) is 32.4 Å². The van der Waals surface area contributed by atoms with Gasteiger partial charge in [-0.1, -0.05) is 26.0 Å². The molecule has 1 aromatic rings. The van der Waals surface area contributed by atoms with E-state index in [1.807, 2.05) is 0 Å². The van der Waals surface area contributed by atoms with Gasteiger partial charge in [0.25, 0.3) is 0 Å². The van der Waals surface area contributed by atoms with E-state index in [-0.39, 0.29) is 0 Å². The van der Waals surface area contributed by atoms with Crippen molar-refractivity contribution in [3.63, 3.8) is 0 Å². The number of rotatable bonds is 2. The number of halogens is 1. The topological polar surface area (TPSA) is 3.24 Å². The molecule has 1 aromatic carbocycles. The average Bonchev–Trinajstić information content (AvgIpc) is 2.14. The highest BCUT2D eigenvalue weighted by Crippen LogP contribution is 2.30. The highest BCUT2D eigenvalue weighted by atomic mass is 19.1. The van der Waals surface area contributed by atoms with Gasteiger partial charge in [-0.15, -0.1) is 0 Å². The number of hydrogen-bond acceptors (Lipinski definition) is 1. The first-order valence-corrected chi connectivity index (χ1v) is 5.52. The zero-order valence-electron chi connectivity index (χ0n) is 9.63. The van der Waals surface area contributed by atoms with E-state index < -0.39 is 5.67 Å². The number of nitrogens with zero attached hydrogens (tertiary/aromatic N) is 1. The fourth-order valence-corrected chi connectivity index (χ4v) is 2.00. The predicted octanol–water partition coefficient (Wildman–Crippen LogP) is 3.36. The third-order valence-corrected chi connectivity index (χ3v) is 2.97. The third kappa shape index (κ3) is 2.14. The van der Waals surface area contributed by atoms with Crippen molar-refractivity contribution in [3.8, 4) is 0 Å². The quantitative estimate of drug-likeness (QED) is 0.718. The normalized spacial score (nSPS) is 19.1. The van der Waals surface area contributed by atoms with Crippen LogP contribution in [0.25, 0.3) is 0 Å². The minimum absolute atomic E-state index is 0.522. The van der Waals surface area contributed by atoms with Crippen LogP contribution >= 0.6 is 0 Å². The Hall–Kier alpha value is -1.05. The lowest BCUT2D eigenvalue weighted by atomic mass is 9.97. The second kappa shape index (κ2) is 3.51. The van der Waals surface area contributed by atoms with Crippen LogP contribution in [-0.2, 0) is 0 Å². The molecule has 1 fully saturated rings. The lowest BCUT2D eigenvalue weighted by molar-refractivity contribution is 0.144. The van der Waals surface area contributed by atoms with E-state index >= 15 is 0 Å². The molecule has 2 heteroatoms. The smallest absolute Gasteiger partial charge is 0.142 e. The van der Waals surface area contributed by atoms with E-state index in [1.165, 1.54) is 5.56 Å². The van der Waals surface area contributed by atoms with Gasteiger partial charge >= 0.3 is 0 Å². The summed E-state index contributed by atoms with van der Waals surface area (Å²) in [5.74, 6) is 0.557. The molecule has 0 unspecified atom stereocenters. The van der Waals surface area contributed by atoms with Crippen LogP contribution in [0.3, 0.4) is 0 Å². The van der Waals surface area contributed by atoms with E-state index in [0.717, 1.165) is 5.69 Å². The van der Waals surface area contributed by atoms with E-state index in [1.54, 1.807) is 6.92 Å². The molecule has 0 N–H and O–H groups in total. The molecule has 1 aliphatic rings. The van der Waals surface area contributed by atoms with E-state index in [0.29, 0.717) is 19.0 Å². The molecule has 2 rings (SSSR count). The number of alkyl halides is 1. The van der Waals surface area contributed by atoms with Crippen molar-refractivity contribution in [2.24, 2.45) is 0 Å². The molecule has 0 spiro atoms. The van der Waals surface area contributed by atoms with E-state index in [4.69, 9.17) is 0 Å². The van der Waals surface area contributed by atoms with Gasteiger partial charge in [0.15, 0.2) is 0 Å². The van der Waals surface area contributed by atoms with Gasteiger partial charge in [0.2, 0.25) is 0 Å². The Labute approximate surface area is 90.9 Å². The standard InChI is InChI=1S/C13H18FN/c1-10(2)11-4-6-12(7-5-11)15-8-13(3,14)9-15/h4-7,10H,8-9H2,1-3H3. The molecule has 1 aliphatic heterocycles. The lowest BCUT2D eigenvalue weighted by Crippen LogP contribution is -2.57. The first kappa shape index (κ1) is 10.5. The molecular formula is C13H18FN. The van der Waals surface area contributed by atoms with Crippen LogP contribution in [0.4, 0.5) is 10.1 Å². The zero-order valence-corrected chi connectivity index (χ0v) is 9.63. The SMILES string of the molecule is CC(C)c1ccc(N2CC(C)(F)C2)cc1. The average molecular weight is 207 g/mol. The molecule has 0 aromatic heterocycles. The Kier molecular flexibility index (Phi) is 2.45. The monoisotopic (exact) mass is 207 g/mol. The molecule has 0 amide bonds. The van der Waals surface area contributed by atoms with Gasteiger partial charge in [-0.05, 0) is 30.5 Å². The van der Waals surface area contributed by atoms with Crippen molar-refractivity contribution >= 4 is 5.69 Å². The Morgan fingerprint density at radius 2 is 1.73 bits per heavy atom. The first-order valence-electron chi connectivity index (χ1n) is 5.52.